The lowest BCUT2D eigenvalue weighted by Crippen LogP contribution is -2.32. The Kier molecular flexibility index (Phi) is 5.36. The molecule has 2 aromatic rings. The average molecular weight is 437 g/mol. The monoisotopic (exact) mass is 436 g/mol. The molecule has 0 bridgehead atoms. The van der Waals surface area contributed by atoms with Gasteiger partial charge in [-0.3, -0.25) is 9.59 Å². The average Bonchev–Trinajstić information content (AvgIpc) is 3.30. The van der Waals surface area contributed by atoms with Gasteiger partial charge in [-0.15, -0.1) is 0 Å². The SMILES string of the molecule is CN(C)c1ccc(C2C(C(=O)C(C)(C)C)=C(O)C(=O)N2Cc2ccc3c(c2)OCO3)cc1. The number of ketones is 1. The Morgan fingerprint density at radius 3 is 2.38 bits per heavy atom. The van der Waals surface area contributed by atoms with Gasteiger partial charge in [0.25, 0.3) is 5.91 Å². The molecule has 1 atom stereocenters. The van der Waals surface area contributed by atoms with Gasteiger partial charge in [-0.2, -0.15) is 0 Å². The lowest BCUT2D eigenvalue weighted by atomic mass is 9.82. The number of ether oxygens (including phenoxy) is 2. The summed E-state index contributed by atoms with van der Waals surface area (Å²) >= 11 is 0. The molecule has 7 nitrogen and oxygen atoms in total. The maximum absolute atomic E-state index is 13.3. The van der Waals surface area contributed by atoms with Crippen molar-refractivity contribution in [3.05, 3.63) is 64.9 Å². The van der Waals surface area contributed by atoms with Crippen LogP contribution in [-0.4, -0.2) is 42.6 Å². The third-order valence-corrected chi connectivity index (χ3v) is 5.74. The number of aliphatic hydroxyl groups excluding tert-OH is 1. The Morgan fingerprint density at radius 2 is 1.75 bits per heavy atom. The van der Waals surface area contributed by atoms with E-state index < -0.39 is 23.1 Å². The molecule has 1 unspecified atom stereocenters. The van der Waals surface area contributed by atoms with Crippen LogP contribution in [-0.2, 0) is 16.1 Å². The van der Waals surface area contributed by atoms with Gasteiger partial charge in [0, 0.05) is 31.7 Å². The number of Topliss-reactive ketones (excluding diaryl/α,β-unsaturated/α-hetero) is 1. The summed E-state index contributed by atoms with van der Waals surface area (Å²) in [6.07, 6.45) is 0. The van der Waals surface area contributed by atoms with Crippen molar-refractivity contribution in [2.45, 2.75) is 33.4 Å². The van der Waals surface area contributed by atoms with Gasteiger partial charge in [-0.25, -0.2) is 0 Å². The summed E-state index contributed by atoms with van der Waals surface area (Å²) in [6, 6.07) is 12.5. The van der Waals surface area contributed by atoms with E-state index in [2.05, 4.69) is 0 Å². The molecule has 0 aromatic heterocycles. The number of carbonyl (C=O) groups excluding carboxylic acids is 2. The number of carbonyl (C=O) groups is 2. The molecule has 0 saturated carbocycles. The molecule has 1 N–H and O–H groups in total. The van der Waals surface area contributed by atoms with E-state index in [-0.39, 0.29) is 24.7 Å². The van der Waals surface area contributed by atoms with Crippen molar-refractivity contribution in [1.29, 1.82) is 0 Å². The molecule has 2 aliphatic heterocycles. The zero-order valence-electron chi connectivity index (χ0n) is 19.0. The molecule has 0 spiro atoms. The molecule has 1 amide bonds. The number of hydrogen-bond donors (Lipinski definition) is 1. The minimum atomic E-state index is -0.750. The molecular weight excluding hydrogens is 408 g/mol. The molecule has 0 aliphatic carbocycles. The van der Waals surface area contributed by atoms with Crippen molar-refractivity contribution in [2.75, 3.05) is 25.8 Å². The summed E-state index contributed by atoms with van der Waals surface area (Å²) in [5.74, 6) is -0.0198. The number of anilines is 1. The lowest BCUT2D eigenvalue weighted by molar-refractivity contribution is -0.130. The van der Waals surface area contributed by atoms with E-state index in [0.717, 1.165) is 16.8 Å². The van der Waals surface area contributed by atoms with Crippen LogP contribution in [0.25, 0.3) is 0 Å². The second-order valence-electron chi connectivity index (χ2n) is 9.35. The number of aliphatic hydroxyl groups is 1. The van der Waals surface area contributed by atoms with Crippen LogP contribution in [0.2, 0.25) is 0 Å². The zero-order chi connectivity index (χ0) is 23.2. The van der Waals surface area contributed by atoms with Crippen molar-refractivity contribution in [1.82, 2.24) is 4.90 Å². The van der Waals surface area contributed by atoms with E-state index in [1.54, 1.807) is 26.8 Å². The maximum Gasteiger partial charge on any atom is 0.290 e. The number of rotatable bonds is 5. The highest BCUT2D eigenvalue weighted by Crippen LogP contribution is 2.42. The number of hydrogen-bond acceptors (Lipinski definition) is 6. The van der Waals surface area contributed by atoms with Crippen LogP contribution in [0.3, 0.4) is 0 Å². The highest BCUT2D eigenvalue weighted by molar-refractivity contribution is 6.10. The third-order valence-electron chi connectivity index (χ3n) is 5.74. The predicted octanol–water partition coefficient (Wildman–Crippen LogP) is 3.99. The Balaban J connectivity index is 1.75. The fraction of sp³-hybridized carbons (Fsp3) is 0.360. The second kappa shape index (κ2) is 7.89. The summed E-state index contributed by atoms with van der Waals surface area (Å²) < 4.78 is 10.8. The van der Waals surface area contributed by atoms with E-state index in [0.29, 0.717) is 11.5 Å². The van der Waals surface area contributed by atoms with Gasteiger partial charge in [0.2, 0.25) is 6.79 Å². The summed E-state index contributed by atoms with van der Waals surface area (Å²) in [5.41, 5.74) is 1.97. The topological polar surface area (TPSA) is 79.3 Å². The molecule has 7 heteroatoms. The first-order chi connectivity index (χ1) is 15.1. The first-order valence-electron chi connectivity index (χ1n) is 10.5. The minimum absolute atomic E-state index is 0.140. The van der Waals surface area contributed by atoms with Crippen molar-refractivity contribution < 1.29 is 24.2 Å². The Bertz CT molecular complexity index is 1100. The zero-order valence-corrected chi connectivity index (χ0v) is 19.0. The standard InChI is InChI=1S/C25H28N2O5/c1-25(2,3)23(29)20-21(16-7-9-17(10-8-16)26(4)5)27(24(30)22(20)28)13-15-6-11-18-19(12-15)32-14-31-18/h6-12,21,28H,13-14H2,1-5H3. The fourth-order valence-electron chi connectivity index (χ4n) is 3.99. The summed E-state index contributed by atoms with van der Waals surface area (Å²) in [6.45, 7) is 5.72. The Labute approximate surface area is 187 Å². The largest absolute Gasteiger partial charge is 0.503 e. The van der Waals surface area contributed by atoms with E-state index >= 15 is 0 Å². The van der Waals surface area contributed by atoms with E-state index in [4.69, 9.17) is 9.47 Å². The molecular formula is C25H28N2O5. The van der Waals surface area contributed by atoms with Gasteiger partial charge in [0.1, 0.15) is 0 Å². The highest BCUT2D eigenvalue weighted by Gasteiger charge is 2.46. The third kappa shape index (κ3) is 3.79. The van der Waals surface area contributed by atoms with Gasteiger partial charge < -0.3 is 24.4 Å². The van der Waals surface area contributed by atoms with Crippen molar-refractivity contribution in [2.24, 2.45) is 5.41 Å². The van der Waals surface area contributed by atoms with E-state index in [1.165, 1.54) is 4.90 Å². The van der Waals surface area contributed by atoms with Crippen LogP contribution in [0.15, 0.2) is 53.8 Å². The fourth-order valence-corrected chi connectivity index (χ4v) is 3.99. The number of amides is 1. The summed E-state index contributed by atoms with van der Waals surface area (Å²) in [7, 11) is 3.89. The minimum Gasteiger partial charge on any atom is -0.503 e. The Hall–Kier alpha value is -3.48. The molecule has 0 radical (unpaired) electrons. The van der Waals surface area contributed by atoms with Crippen molar-refractivity contribution in [3.8, 4) is 11.5 Å². The molecule has 0 fully saturated rings. The highest BCUT2D eigenvalue weighted by atomic mass is 16.7. The van der Waals surface area contributed by atoms with Crippen molar-refractivity contribution >= 4 is 17.4 Å². The predicted molar refractivity (Wildman–Crippen MR) is 121 cm³/mol. The first kappa shape index (κ1) is 21.7. The van der Waals surface area contributed by atoms with Crippen molar-refractivity contribution in [3.63, 3.8) is 0 Å². The molecule has 32 heavy (non-hydrogen) atoms. The van der Waals surface area contributed by atoms with Crippen LogP contribution in [0.5, 0.6) is 11.5 Å². The first-order valence-corrected chi connectivity index (χ1v) is 10.5. The van der Waals surface area contributed by atoms with Crippen LogP contribution in [0.4, 0.5) is 5.69 Å². The van der Waals surface area contributed by atoms with Crippen LogP contribution < -0.4 is 14.4 Å². The summed E-state index contributed by atoms with van der Waals surface area (Å²) in [4.78, 5) is 30.0. The number of fused-ring (bicyclic) bond motifs is 1. The van der Waals surface area contributed by atoms with Crippen LogP contribution in [0, 0.1) is 5.41 Å². The smallest absolute Gasteiger partial charge is 0.290 e. The van der Waals surface area contributed by atoms with Gasteiger partial charge in [0.05, 0.1) is 11.6 Å². The second-order valence-corrected chi connectivity index (χ2v) is 9.35. The molecule has 2 heterocycles. The van der Waals surface area contributed by atoms with E-state index in [1.807, 2.05) is 55.4 Å². The normalized spacial score (nSPS) is 17.8. The number of nitrogens with zero attached hydrogens (tertiary/aromatic N) is 2. The maximum atomic E-state index is 13.3. The Morgan fingerprint density at radius 1 is 1.09 bits per heavy atom. The molecule has 4 rings (SSSR count). The van der Waals surface area contributed by atoms with Gasteiger partial charge in [0.15, 0.2) is 23.0 Å². The van der Waals surface area contributed by atoms with Gasteiger partial charge in [-0.1, -0.05) is 39.0 Å². The molecule has 0 saturated heterocycles. The van der Waals surface area contributed by atoms with Crippen LogP contribution >= 0.6 is 0 Å². The molecule has 2 aromatic carbocycles. The molecule has 2 aliphatic rings. The number of benzene rings is 2. The molecule has 168 valence electrons. The van der Waals surface area contributed by atoms with Crippen LogP contribution in [0.1, 0.15) is 37.9 Å². The quantitative estimate of drug-likeness (QED) is 0.764. The van der Waals surface area contributed by atoms with E-state index in [9.17, 15) is 14.7 Å². The van der Waals surface area contributed by atoms with Gasteiger partial charge >= 0.3 is 0 Å². The van der Waals surface area contributed by atoms with Gasteiger partial charge in [-0.05, 0) is 35.4 Å². The lowest BCUT2D eigenvalue weighted by Gasteiger charge is -2.29. The summed E-state index contributed by atoms with van der Waals surface area (Å²) in [5, 5.41) is 10.8.